The fourth-order valence-electron chi connectivity index (χ4n) is 5.35. The highest BCUT2D eigenvalue weighted by Crippen LogP contribution is 2.31. The Kier molecular flexibility index (Phi) is 7.99. The van der Waals surface area contributed by atoms with Gasteiger partial charge in [-0.05, 0) is 99.8 Å². The molecule has 1 N–H and O–H groups in total. The Hall–Kier alpha value is -2.22. The van der Waals surface area contributed by atoms with Gasteiger partial charge in [0.05, 0.1) is 4.90 Å². The van der Waals surface area contributed by atoms with Gasteiger partial charge in [-0.15, -0.1) is 0 Å². The Balaban J connectivity index is 1.30. The molecule has 35 heavy (non-hydrogen) atoms. The van der Waals surface area contributed by atoms with E-state index in [1.165, 1.54) is 31.5 Å². The summed E-state index contributed by atoms with van der Waals surface area (Å²) in [6, 6.07) is 10.5. The van der Waals surface area contributed by atoms with Crippen molar-refractivity contribution in [3.05, 3.63) is 63.7 Å². The summed E-state index contributed by atoms with van der Waals surface area (Å²) in [7, 11) is -3.59. The maximum Gasteiger partial charge on any atom is 0.243 e. The molecule has 6 nitrogen and oxygen atoms in total. The molecule has 0 aliphatic carbocycles. The first-order valence-electron chi connectivity index (χ1n) is 12.8. The maximum absolute atomic E-state index is 13.5. The fraction of sp³-hybridized carbons (Fsp3) is 0.536. The summed E-state index contributed by atoms with van der Waals surface area (Å²) in [6.45, 7) is 12.3. The molecule has 0 unspecified atom stereocenters. The van der Waals surface area contributed by atoms with Crippen LogP contribution in [-0.2, 0) is 27.9 Å². The molecular formula is C28H39N3O3S. The van der Waals surface area contributed by atoms with Gasteiger partial charge in [-0.2, -0.15) is 4.31 Å². The van der Waals surface area contributed by atoms with Gasteiger partial charge in [-0.1, -0.05) is 30.3 Å². The largest absolute Gasteiger partial charge is 0.352 e. The van der Waals surface area contributed by atoms with Crippen LogP contribution in [0.2, 0.25) is 0 Å². The number of sulfonamides is 1. The molecule has 7 heteroatoms. The van der Waals surface area contributed by atoms with E-state index in [1.54, 1.807) is 4.31 Å². The molecule has 2 aliphatic rings. The SMILES string of the molecule is Cc1cc(C)c(C)c(S(=O)(=O)N2CCC(C(=O)NCc3ccc(CN4CCCC4)cc3)CC2)c1C. The molecule has 0 saturated carbocycles. The quantitative estimate of drug-likeness (QED) is 0.622. The number of amides is 1. The summed E-state index contributed by atoms with van der Waals surface area (Å²) >= 11 is 0. The topological polar surface area (TPSA) is 69.7 Å². The first kappa shape index (κ1) is 25.9. The van der Waals surface area contributed by atoms with Crippen molar-refractivity contribution < 1.29 is 13.2 Å². The summed E-state index contributed by atoms with van der Waals surface area (Å²) in [5.41, 5.74) is 6.02. The van der Waals surface area contributed by atoms with E-state index in [1.807, 2.05) is 33.8 Å². The standard InChI is InChI=1S/C28H39N3O3S/c1-20-17-21(2)23(4)27(22(20)3)35(33,34)31-15-11-26(12-16-31)28(32)29-18-24-7-9-25(10-8-24)19-30-13-5-6-14-30/h7-10,17,26H,5-6,11-16,18-19H2,1-4H3,(H,29,32). The lowest BCUT2D eigenvalue weighted by atomic mass is 9.97. The van der Waals surface area contributed by atoms with Crippen LogP contribution in [-0.4, -0.2) is 49.7 Å². The average molecular weight is 498 g/mol. The van der Waals surface area contributed by atoms with Gasteiger partial charge in [-0.3, -0.25) is 9.69 Å². The van der Waals surface area contributed by atoms with Crippen molar-refractivity contribution in [2.24, 2.45) is 5.92 Å². The smallest absolute Gasteiger partial charge is 0.243 e. The van der Waals surface area contributed by atoms with Crippen LogP contribution in [0.3, 0.4) is 0 Å². The lowest BCUT2D eigenvalue weighted by Crippen LogP contribution is -2.43. The van der Waals surface area contributed by atoms with Crippen molar-refractivity contribution in [2.45, 2.75) is 71.4 Å². The zero-order chi connectivity index (χ0) is 25.2. The summed E-state index contributed by atoms with van der Waals surface area (Å²) in [6.07, 6.45) is 3.67. The fourth-order valence-corrected chi connectivity index (χ4v) is 7.40. The van der Waals surface area contributed by atoms with Crippen molar-refractivity contribution in [1.29, 1.82) is 0 Å². The lowest BCUT2D eigenvalue weighted by molar-refractivity contribution is -0.126. The van der Waals surface area contributed by atoms with Gasteiger partial charge in [0.1, 0.15) is 0 Å². The number of likely N-dealkylation sites (tertiary alicyclic amines) is 1. The second-order valence-corrected chi connectivity index (χ2v) is 12.2. The van der Waals surface area contributed by atoms with Gasteiger partial charge in [-0.25, -0.2) is 8.42 Å². The molecule has 0 atom stereocenters. The number of carbonyl (C=O) groups is 1. The van der Waals surface area contributed by atoms with Crippen molar-refractivity contribution in [1.82, 2.24) is 14.5 Å². The van der Waals surface area contributed by atoms with Crippen LogP contribution >= 0.6 is 0 Å². The summed E-state index contributed by atoms with van der Waals surface area (Å²) in [4.78, 5) is 15.7. The minimum atomic E-state index is -3.59. The van der Waals surface area contributed by atoms with E-state index < -0.39 is 10.0 Å². The Labute approximate surface area is 210 Å². The first-order valence-corrected chi connectivity index (χ1v) is 14.3. The third-order valence-corrected chi connectivity index (χ3v) is 9.99. The molecule has 1 amide bonds. The Morgan fingerprint density at radius 2 is 1.43 bits per heavy atom. The van der Waals surface area contributed by atoms with E-state index >= 15 is 0 Å². The first-order chi connectivity index (χ1) is 16.7. The van der Waals surface area contributed by atoms with Crippen LogP contribution in [0.4, 0.5) is 0 Å². The van der Waals surface area contributed by atoms with E-state index in [-0.39, 0.29) is 11.8 Å². The third-order valence-electron chi connectivity index (χ3n) is 7.81. The summed E-state index contributed by atoms with van der Waals surface area (Å²) < 4.78 is 28.5. The molecule has 2 aromatic rings. The Morgan fingerprint density at radius 1 is 0.886 bits per heavy atom. The number of benzene rings is 2. The Bertz CT molecular complexity index is 1130. The van der Waals surface area contributed by atoms with Crippen LogP contribution in [0.1, 0.15) is 59.1 Å². The number of nitrogens with one attached hydrogen (secondary N) is 1. The van der Waals surface area contributed by atoms with E-state index in [9.17, 15) is 13.2 Å². The predicted molar refractivity (Wildman–Crippen MR) is 140 cm³/mol. The van der Waals surface area contributed by atoms with Gasteiger partial charge >= 0.3 is 0 Å². The van der Waals surface area contributed by atoms with Gasteiger partial charge in [0.15, 0.2) is 0 Å². The number of rotatable bonds is 7. The number of piperidine rings is 1. The van der Waals surface area contributed by atoms with E-state index in [4.69, 9.17) is 0 Å². The minimum Gasteiger partial charge on any atom is -0.352 e. The molecule has 190 valence electrons. The highest BCUT2D eigenvalue weighted by Gasteiger charge is 2.34. The molecule has 2 aromatic carbocycles. The van der Waals surface area contributed by atoms with Crippen LogP contribution < -0.4 is 5.32 Å². The monoisotopic (exact) mass is 497 g/mol. The van der Waals surface area contributed by atoms with Crippen molar-refractivity contribution >= 4 is 15.9 Å². The zero-order valence-corrected chi connectivity index (χ0v) is 22.4. The molecule has 0 aromatic heterocycles. The number of nitrogens with zero attached hydrogens (tertiary/aromatic N) is 2. The lowest BCUT2D eigenvalue weighted by Gasteiger charge is -2.31. The second kappa shape index (κ2) is 10.8. The van der Waals surface area contributed by atoms with Crippen molar-refractivity contribution in [2.75, 3.05) is 26.2 Å². The number of hydrogen-bond acceptors (Lipinski definition) is 4. The van der Waals surface area contributed by atoms with Gasteiger partial charge in [0.2, 0.25) is 15.9 Å². The molecule has 2 heterocycles. The molecule has 0 radical (unpaired) electrons. The van der Waals surface area contributed by atoms with E-state index in [0.29, 0.717) is 37.4 Å². The number of aryl methyl sites for hydroxylation is 2. The summed E-state index contributed by atoms with van der Waals surface area (Å²) in [5, 5.41) is 3.06. The van der Waals surface area contributed by atoms with Crippen LogP contribution in [0.5, 0.6) is 0 Å². The molecule has 0 bridgehead atoms. The summed E-state index contributed by atoms with van der Waals surface area (Å²) in [5.74, 6) is -0.140. The van der Waals surface area contributed by atoms with Gasteiger partial charge in [0.25, 0.3) is 0 Å². The highest BCUT2D eigenvalue weighted by molar-refractivity contribution is 7.89. The Morgan fingerprint density at radius 3 is 2.00 bits per heavy atom. The number of carbonyl (C=O) groups excluding carboxylic acids is 1. The van der Waals surface area contributed by atoms with Gasteiger partial charge < -0.3 is 5.32 Å². The number of hydrogen-bond donors (Lipinski definition) is 1. The van der Waals surface area contributed by atoms with Crippen molar-refractivity contribution in [3.63, 3.8) is 0 Å². The van der Waals surface area contributed by atoms with E-state index in [0.717, 1.165) is 34.4 Å². The second-order valence-electron chi connectivity index (χ2n) is 10.3. The van der Waals surface area contributed by atoms with E-state index in [2.05, 4.69) is 34.5 Å². The molecule has 4 rings (SSSR count). The van der Waals surface area contributed by atoms with Crippen molar-refractivity contribution in [3.8, 4) is 0 Å². The van der Waals surface area contributed by atoms with Crippen LogP contribution in [0.25, 0.3) is 0 Å². The highest BCUT2D eigenvalue weighted by atomic mass is 32.2. The minimum absolute atomic E-state index is 0.0157. The van der Waals surface area contributed by atoms with Crippen LogP contribution in [0.15, 0.2) is 35.2 Å². The zero-order valence-electron chi connectivity index (χ0n) is 21.6. The normalized spacial score (nSPS) is 18.2. The molecule has 2 aliphatic heterocycles. The molecular weight excluding hydrogens is 458 g/mol. The molecule has 0 spiro atoms. The molecule has 2 fully saturated rings. The van der Waals surface area contributed by atoms with Crippen LogP contribution in [0, 0.1) is 33.6 Å². The molecule has 2 saturated heterocycles. The van der Waals surface area contributed by atoms with Gasteiger partial charge in [0, 0.05) is 32.1 Å². The average Bonchev–Trinajstić information content (AvgIpc) is 3.35. The third kappa shape index (κ3) is 5.79. The maximum atomic E-state index is 13.5. The predicted octanol–water partition coefficient (Wildman–Crippen LogP) is 4.23.